The van der Waals surface area contributed by atoms with Crippen molar-refractivity contribution in [3.05, 3.63) is 0 Å². The van der Waals surface area contributed by atoms with Crippen molar-refractivity contribution in [3.63, 3.8) is 0 Å². The Kier molecular flexibility index (Phi) is 4.33. The summed E-state index contributed by atoms with van der Waals surface area (Å²) in [7, 11) is -5.34. The lowest BCUT2D eigenvalue weighted by molar-refractivity contribution is -0.137. The van der Waals surface area contributed by atoms with Crippen LogP contribution in [0.5, 0.6) is 0 Å². The second-order valence-corrected chi connectivity index (χ2v) is 4.10. The maximum Gasteiger partial charge on any atom is 0.511 e. The van der Waals surface area contributed by atoms with E-state index >= 15 is 0 Å². The summed E-state index contributed by atoms with van der Waals surface area (Å²) in [5.41, 5.74) is -5.35. The summed E-state index contributed by atoms with van der Waals surface area (Å²) < 4.78 is 56.8. The fraction of sp³-hybridized carbons (Fsp3) is 0.800. The molecule has 84 valence electrons. The van der Waals surface area contributed by atoms with E-state index in [-0.39, 0.29) is 12.8 Å². The fourth-order valence-corrected chi connectivity index (χ4v) is 1.10. The number of rotatable bonds is 5. The van der Waals surface area contributed by atoms with Gasteiger partial charge in [-0.2, -0.15) is 13.2 Å². The Morgan fingerprint density at radius 2 is 1.86 bits per heavy atom. The standard InChI is InChI=1S/C5H8F3NO4S/c6-5(7,8)14(12,13)9-3-1-2-4(10)11/h9H,1-3H2,(H,10,11). The predicted octanol–water partition coefficient (Wildman–Crippen LogP) is 0.290. The van der Waals surface area contributed by atoms with E-state index in [4.69, 9.17) is 5.11 Å². The molecule has 0 aromatic carbocycles. The van der Waals surface area contributed by atoms with E-state index in [0.717, 1.165) is 0 Å². The van der Waals surface area contributed by atoms with Crippen LogP contribution < -0.4 is 4.72 Å². The lowest BCUT2D eigenvalue weighted by Crippen LogP contribution is -2.37. The average molecular weight is 235 g/mol. The van der Waals surface area contributed by atoms with E-state index < -0.39 is 28.0 Å². The topological polar surface area (TPSA) is 83.5 Å². The molecule has 14 heavy (non-hydrogen) atoms. The fourth-order valence-electron chi connectivity index (χ4n) is 0.528. The summed E-state index contributed by atoms with van der Waals surface area (Å²) in [5, 5.41) is 8.10. The highest BCUT2D eigenvalue weighted by Gasteiger charge is 2.45. The van der Waals surface area contributed by atoms with E-state index in [2.05, 4.69) is 0 Å². The zero-order valence-corrected chi connectivity index (χ0v) is 7.65. The van der Waals surface area contributed by atoms with Crippen molar-refractivity contribution < 1.29 is 31.5 Å². The van der Waals surface area contributed by atoms with Gasteiger partial charge in [-0.15, -0.1) is 0 Å². The molecule has 0 saturated carbocycles. The highest BCUT2D eigenvalue weighted by molar-refractivity contribution is 7.90. The molecule has 5 nitrogen and oxygen atoms in total. The van der Waals surface area contributed by atoms with Crippen LogP contribution in [0.15, 0.2) is 0 Å². The molecule has 0 spiro atoms. The van der Waals surface area contributed by atoms with Crippen molar-refractivity contribution in [3.8, 4) is 0 Å². The van der Waals surface area contributed by atoms with Gasteiger partial charge in [-0.3, -0.25) is 4.79 Å². The first-order valence-electron chi connectivity index (χ1n) is 3.44. The summed E-state index contributed by atoms with van der Waals surface area (Å²) in [6.07, 6.45) is -0.578. The number of alkyl halides is 3. The zero-order chi connectivity index (χ0) is 11.4. The minimum absolute atomic E-state index is 0.190. The molecule has 0 bridgehead atoms. The molecule has 0 amide bonds. The zero-order valence-electron chi connectivity index (χ0n) is 6.84. The molecule has 0 aliphatic heterocycles. The van der Waals surface area contributed by atoms with Crippen molar-refractivity contribution in [2.45, 2.75) is 18.3 Å². The van der Waals surface area contributed by atoms with Crippen molar-refractivity contribution in [2.24, 2.45) is 0 Å². The second kappa shape index (κ2) is 4.60. The molecule has 0 saturated heterocycles. The van der Waals surface area contributed by atoms with E-state index in [0.29, 0.717) is 0 Å². The van der Waals surface area contributed by atoms with Gasteiger partial charge >= 0.3 is 21.5 Å². The van der Waals surface area contributed by atoms with Gasteiger partial charge in [0.05, 0.1) is 0 Å². The number of carboxylic acids is 1. The minimum Gasteiger partial charge on any atom is -0.481 e. The van der Waals surface area contributed by atoms with Crippen LogP contribution >= 0.6 is 0 Å². The summed E-state index contributed by atoms with van der Waals surface area (Å²) in [4.78, 5) is 9.92. The van der Waals surface area contributed by atoms with Gasteiger partial charge < -0.3 is 5.11 Å². The molecule has 0 radical (unpaired) electrons. The van der Waals surface area contributed by atoms with Crippen molar-refractivity contribution >= 4 is 16.0 Å². The molecule has 0 unspecified atom stereocenters. The molecular weight excluding hydrogens is 227 g/mol. The minimum atomic E-state index is -5.35. The molecule has 0 aromatic heterocycles. The summed E-state index contributed by atoms with van der Waals surface area (Å²) in [6.45, 7) is -0.547. The molecule has 0 atom stereocenters. The van der Waals surface area contributed by atoms with E-state index in [1.165, 1.54) is 4.72 Å². The van der Waals surface area contributed by atoms with Gasteiger partial charge in [0.2, 0.25) is 0 Å². The molecule has 0 heterocycles. The number of sulfonamides is 1. The largest absolute Gasteiger partial charge is 0.511 e. The van der Waals surface area contributed by atoms with Crippen molar-refractivity contribution in [2.75, 3.05) is 6.54 Å². The van der Waals surface area contributed by atoms with Crippen LogP contribution in [0.3, 0.4) is 0 Å². The molecule has 0 aromatic rings. The Labute approximate surface area is 78.0 Å². The van der Waals surface area contributed by atoms with Gasteiger partial charge in [-0.1, -0.05) is 0 Å². The highest BCUT2D eigenvalue weighted by Crippen LogP contribution is 2.21. The van der Waals surface area contributed by atoms with Gasteiger partial charge in [-0.05, 0) is 6.42 Å². The molecule has 9 heteroatoms. The lowest BCUT2D eigenvalue weighted by atomic mass is 10.3. The molecule has 0 aliphatic carbocycles. The van der Waals surface area contributed by atoms with Gasteiger partial charge in [-0.25, -0.2) is 13.1 Å². The number of carbonyl (C=O) groups is 1. The molecule has 0 aliphatic rings. The van der Waals surface area contributed by atoms with Crippen LogP contribution in [0.4, 0.5) is 13.2 Å². The summed E-state index contributed by atoms with van der Waals surface area (Å²) in [6, 6.07) is 0. The first-order valence-corrected chi connectivity index (χ1v) is 4.93. The summed E-state index contributed by atoms with van der Waals surface area (Å²) >= 11 is 0. The number of halogens is 3. The smallest absolute Gasteiger partial charge is 0.481 e. The van der Waals surface area contributed by atoms with E-state index in [1.807, 2.05) is 0 Å². The maximum absolute atomic E-state index is 11.7. The number of hydrogen-bond acceptors (Lipinski definition) is 3. The Bertz CT molecular complexity index is 297. The lowest BCUT2D eigenvalue weighted by Gasteiger charge is -2.08. The molecule has 0 fully saturated rings. The van der Waals surface area contributed by atoms with Crippen molar-refractivity contribution in [1.29, 1.82) is 0 Å². The van der Waals surface area contributed by atoms with Crippen LogP contribution in [-0.2, 0) is 14.8 Å². The van der Waals surface area contributed by atoms with E-state index in [9.17, 15) is 26.4 Å². The normalized spacial score (nSPS) is 12.8. The van der Waals surface area contributed by atoms with Gasteiger partial charge in [0.25, 0.3) is 0 Å². The van der Waals surface area contributed by atoms with Crippen molar-refractivity contribution in [1.82, 2.24) is 4.72 Å². The quantitative estimate of drug-likeness (QED) is 0.671. The third-order valence-corrected chi connectivity index (χ3v) is 2.36. The monoisotopic (exact) mass is 235 g/mol. The van der Waals surface area contributed by atoms with Gasteiger partial charge in [0, 0.05) is 13.0 Å². The van der Waals surface area contributed by atoms with Crippen LogP contribution in [-0.4, -0.2) is 31.5 Å². The third kappa shape index (κ3) is 4.42. The van der Waals surface area contributed by atoms with Crippen LogP contribution in [0.1, 0.15) is 12.8 Å². The maximum atomic E-state index is 11.7. The third-order valence-electron chi connectivity index (χ3n) is 1.16. The Hall–Kier alpha value is -0.830. The predicted molar refractivity (Wildman–Crippen MR) is 39.8 cm³/mol. The van der Waals surface area contributed by atoms with Gasteiger partial charge in [0.15, 0.2) is 0 Å². The SMILES string of the molecule is O=C(O)CCCNS(=O)(=O)C(F)(F)F. The first-order chi connectivity index (χ1) is 6.17. The number of nitrogens with one attached hydrogen (secondary N) is 1. The first kappa shape index (κ1) is 13.2. The van der Waals surface area contributed by atoms with Crippen LogP contribution in [0, 0.1) is 0 Å². The average Bonchev–Trinajstić information content (AvgIpc) is 1.95. The number of hydrogen-bond donors (Lipinski definition) is 2. The Balaban J connectivity index is 3.97. The molecule has 0 rings (SSSR count). The molecule has 2 N–H and O–H groups in total. The summed E-state index contributed by atoms with van der Waals surface area (Å²) in [5.74, 6) is -1.20. The molecular formula is C5H8F3NO4S. The van der Waals surface area contributed by atoms with Crippen LogP contribution in [0.25, 0.3) is 0 Å². The van der Waals surface area contributed by atoms with Gasteiger partial charge in [0.1, 0.15) is 0 Å². The van der Waals surface area contributed by atoms with Crippen LogP contribution in [0.2, 0.25) is 0 Å². The number of aliphatic carboxylic acids is 1. The Morgan fingerprint density at radius 3 is 2.21 bits per heavy atom. The Morgan fingerprint density at radius 1 is 1.36 bits per heavy atom. The van der Waals surface area contributed by atoms with E-state index in [1.54, 1.807) is 0 Å². The number of carboxylic acid groups (broad SMARTS) is 1. The highest BCUT2D eigenvalue weighted by atomic mass is 32.2. The second-order valence-electron chi connectivity index (χ2n) is 2.34.